The van der Waals surface area contributed by atoms with E-state index in [9.17, 15) is 4.79 Å². The highest BCUT2D eigenvalue weighted by Crippen LogP contribution is 2.21. The van der Waals surface area contributed by atoms with Gasteiger partial charge in [0.25, 0.3) is 0 Å². The van der Waals surface area contributed by atoms with Crippen molar-refractivity contribution in [2.45, 2.75) is 27.2 Å². The van der Waals surface area contributed by atoms with E-state index in [1.807, 2.05) is 0 Å². The molecule has 0 aromatic carbocycles. The largest absolute Gasteiger partial charge is 0.366 e. The van der Waals surface area contributed by atoms with E-state index in [2.05, 4.69) is 25.8 Å². The molecule has 2 N–H and O–H groups in total. The van der Waals surface area contributed by atoms with E-state index in [1.165, 1.54) is 0 Å². The van der Waals surface area contributed by atoms with Crippen LogP contribution in [-0.2, 0) is 6.42 Å². The molecule has 1 aromatic heterocycles. The lowest BCUT2D eigenvalue weighted by Crippen LogP contribution is -2.17. The quantitative estimate of drug-likeness (QED) is 0.776. The van der Waals surface area contributed by atoms with Gasteiger partial charge in [0.15, 0.2) is 0 Å². The molecule has 1 aromatic rings. The smallest absolute Gasteiger partial charge is 0.249 e. The molecule has 0 spiro atoms. The van der Waals surface area contributed by atoms with Gasteiger partial charge >= 0.3 is 0 Å². The van der Waals surface area contributed by atoms with Gasteiger partial charge in [-0.25, -0.2) is 0 Å². The Balaban J connectivity index is 3.02. The molecule has 0 radical (unpaired) electrons. The summed E-state index contributed by atoms with van der Waals surface area (Å²) in [6.07, 6.45) is 4.11. The summed E-state index contributed by atoms with van der Waals surface area (Å²) in [6.45, 7) is 6.35. The Labute approximate surface area is 84.3 Å². The lowest BCUT2D eigenvalue weighted by molar-refractivity contribution is 0.0999. The molecule has 0 unspecified atom stereocenters. The highest BCUT2D eigenvalue weighted by molar-refractivity contribution is 5.94. The average Bonchev–Trinajstić information content (AvgIpc) is 2.01. The molecule has 14 heavy (non-hydrogen) atoms. The highest BCUT2D eigenvalue weighted by Gasteiger charge is 2.15. The predicted octanol–water partition coefficient (Wildman–Crippen LogP) is 1.77. The maximum absolute atomic E-state index is 11.1. The summed E-state index contributed by atoms with van der Waals surface area (Å²) < 4.78 is 0. The van der Waals surface area contributed by atoms with Gasteiger partial charge in [-0.2, -0.15) is 0 Å². The normalized spacial score (nSPS) is 11.4. The van der Waals surface area contributed by atoms with Gasteiger partial charge in [0.1, 0.15) is 0 Å². The molecule has 3 heteroatoms. The topological polar surface area (TPSA) is 56.0 Å². The Morgan fingerprint density at radius 1 is 1.50 bits per heavy atom. The van der Waals surface area contributed by atoms with Gasteiger partial charge in [0.2, 0.25) is 5.91 Å². The van der Waals surface area contributed by atoms with Crippen LogP contribution in [0.5, 0.6) is 0 Å². The number of aromatic nitrogens is 1. The predicted molar refractivity (Wildman–Crippen MR) is 55.9 cm³/mol. The Morgan fingerprint density at radius 2 is 2.14 bits per heavy atom. The van der Waals surface area contributed by atoms with Gasteiger partial charge in [0.05, 0.1) is 0 Å². The summed E-state index contributed by atoms with van der Waals surface area (Å²) in [7, 11) is 0. The lowest BCUT2D eigenvalue weighted by Gasteiger charge is -2.19. The first-order valence-electron chi connectivity index (χ1n) is 4.63. The van der Waals surface area contributed by atoms with Gasteiger partial charge in [-0.3, -0.25) is 9.78 Å². The van der Waals surface area contributed by atoms with Crippen LogP contribution >= 0.6 is 0 Å². The molecule has 0 atom stereocenters. The number of primary amides is 1. The van der Waals surface area contributed by atoms with Gasteiger partial charge in [-0.1, -0.05) is 20.8 Å². The van der Waals surface area contributed by atoms with E-state index in [0.717, 1.165) is 12.0 Å². The molecule has 1 heterocycles. The summed E-state index contributed by atoms with van der Waals surface area (Å²) in [4.78, 5) is 15.1. The fourth-order valence-corrected chi connectivity index (χ4v) is 1.38. The Morgan fingerprint density at radius 3 is 2.64 bits per heavy atom. The van der Waals surface area contributed by atoms with E-state index in [4.69, 9.17) is 5.73 Å². The van der Waals surface area contributed by atoms with Crippen molar-refractivity contribution >= 4 is 5.91 Å². The minimum absolute atomic E-state index is 0.132. The molecule has 0 aliphatic carbocycles. The maximum atomic E-state index is 11.1. The van der Waals surface area contributed by atoms with Crippen molar-refractivity contribution in [3.05, 3.63) is 29.6 Å². The summed E-state index contributed by atoms with van der Waals surface area (Å²) in [6, 6.07) is 1.67. The molecule has 76 valence electrons. The number of nitrogens with zero attached hydrogens (tertiary/aromatic N) is 1. The fraction of sp³-hybridized carbons (Fsp3) is 0.455. The highest BCUT2D eigenvalue weighted by atomic mass is 16.1. The van der Waals surface area contributed by atoms with Crippen molar-refractivity contribution in [1.82, 2.24) is 4.98 Å². The van der Waals surface area contributed by atoms with E-state index in [-0.39, 0.29) is 11.3 Å². The van der Waals surface area contributed by atoms with E-state index >= 15 is 0 Å². The minimum atomic E-state index is -0.383. The van der Waals surface area contributed by atoms with Crippen LogP contribution in [-0.4, -0.2) is 10.9 Å². The minimum Gasteiger partial charge on any atom is -0.366 e. The second-order valence-corrected chi connectivity index (χ2v) is 4.63. The lowest BCUT2D eigenvalue weighted by atomic mass is 9.87. The van der Waals surface area contributed by atoms with Gasteiger partial charge in [-0.15, -0.1) is 0 Å². The standard InChI is InChI=1S/C11H16N2O/c1-11(2,3)6-8-7-13-5-4-9(8)10(12)14/h4-5,7H,6H2,1-3H3,(H2,12,14). The number of nitrogens with two attached hydrogens (primary N) is 1. The van der Waals surface area contributed by atoms with E-state index in [0.29, 0.717) is 5.56 Å². The van der Waals surface area contributed by atoms with Crippen LogP contribution < -0.4 is 5.73 Å². The monoisotopic (exact) mass is 192 g/mol. The maximum Gasteiger partial charge on any atom is 0.249 e. The number of hydrogen-bond acceptors (Lipinski definition) is 2. The molecule has 1 rings (SSSR count). The van der Waals surface area contributed by atoms with Crippen LogP contribution in [0.3, 0.4) is 0 Å². The third-order valence-electron chi connectivity index (χ3n) is 1.89. The molecule has 1 amide bonds. The van der Waals surface area contributed by atoms with Crippen molar-refractivity contribution in [3.63, 3.8) is 0 Å². The van der Waals surface area contributed by atoms with Crippen molar-refractivity contribution in [2.24, 2.45) is 11.1 Å². The number of rotatable bonds is 2. The van der Waals surface area contributed by atoms with Crippen LogP contribution in [0.2, 0.25) is 0 Å². The zero-order valence-electron chi connectivity index (χ0n) is 8.87. The molecule has 0 aliphatic rings. The Hall–Kier alpha value is -1.38. The summed E-state index contributed by atoms with van der Waals surface area (Å²) in [5.74, 6) is -0.383. The third kappa shape index (κ3) is 2.83. The molecular weight excluding hydrogens is 176 g/mol. The van der Waals surface area contributed by atoms with Gasteiger partial charge in [0, 0.05) is 18.0 Å². The molecular formula is C11H16N2O. The van der Waals surface area contributed by atoms with Crippen LogP contribution in [0.1, 0.15) is 36.7 Å². The van der Waals surface area contributed by atoms with Crippen LogP contribution in [0.4, 0.5) is 0 Å². The Bertz CT molecular complexity index is 339. The van der Waals surface area contributed by atoms with Crippen molar-refractivity contribution in [2.75, 3.05) is 0 Å². The zero-order chi connectivity index (χ0) is 10.8. The van der Waals surface area contributed by atoms with Crippen molar-refractivity contribution in [1.29, 1.82) is 0 Å². The second-order valence-electron chi connectivity index (χ2n) is 4.63. The third-order valence-corrected chi connectivity index (χ3v) is 1.89. The fourth-order valence-electron chi connectivity index (χ4n) is 1.38. The molecule has 0 aliphatic heterocycles. The van der Waals surface area contributed by atoms with Gasteiger partial charge < -0.3 is 5.73 Å². The molecule has 0 fully saturated rings. The van der Waals surface area contributed by atoms with Crippen molar-refractivity contribution in [3.8, 4) is 0 Å². The zero-order valence-corrected chi connectivity index (χ0v) is 8.87. The first kappa shape index (κ1) is 10.7. The SMILES string of the molecule is CC(C)(C)Cc1cnccc1C(N)=O. The molecule has 0 bridgehead atoms. The number of carbonyl (C=O) groups is 1. The Kier molecular flexibility index (Phi) is 2.89. The van der Waals surface area contributed by atoms with Crippen LogP contribution in [0, 0.1) is 5.41 Å². The summed E-state index contributed by atoms with van der Waals surface area (Å²) in [5, 5.41) is 0. The van der Waals surface area contributed by atoms with E-state index in [1.54, 1.807) is 18.5 Å². The summed E-state index contributed by atoms with van der Waals surface area (Å²) in [5.41, 5.74) is 6.90. The van der Waals surface area contributed by atoms with Crippen LogP contribution in [0.25, 0.3) is 0 Å². The number of amides is 1. The molecule has 0 saturated heterocycles. The number of carbonyl (C=O) groups excluding carboxylic acids is 1. The first-order chi connectivity index (χ1) is 6.40. The second kappa shape index (κ2) is 3.78. The molecule has 0 saturated carbocycles. The number of pyridine rings is 1. The number of hydrogen-bond donors (Lipinski definition) is 1. The van der Waals surface area contributed by atoms with Crippen LogP contribution in [0.15, 0.2) is 18.5 Å². The molecule has 3 nitrogen and oxygen atoms in total. The summed E-state index contributed by atoms with van der Waals surface area (Å²) >= 11 is 0. The van der Waals surface area contributed by atoms with Gasteiger partial charge in [-0.05, 0) is 23.5 Å². The average molecular weight is 192 g/mol. The van der Waals surface area contributed by atoms with Crippen molar-refractivity contribution < 1.29 is 4.79 Å². The first-order valence-corrected chi connectivity index (χ1v) is 4.63. The van der Waals surface area contributed by atoms with E-state index < -0.39 is 0 Å².